The molecule has 0 amide bonds. The second-order valence-corrected chi connectivity index (χ2v) is 18.2. The SMILES string of the molecule is Cc1ccc2ccc(-c3ccc4c(c3)C(c3ccccc3)(c3cccc(Cc5ccc6ccc(-c7cccc8c7-c7ccccc7C8(C)C)cc6c5)c3)c3ccccc3-4)cc2c1. The molecule has 2 aliphatic rings. The molecule has 1 atom stereocenters. The molecular formula is C62H46. The van der Waals surface area contributed by atoms with E-state index in [4.69, 9.17) is 0 Å². The standard InChI is InChI=1S/C62H46/c1-40-23-25-43-27-29-45(37-48(43)33-40)46-31-32-54-53-17-7-10-21-57(53)62(59(54)39-46,50-14-5-4-6-15-50)51-16-11-13-41(36-51)34-42-24-26-44-28-30-47(38-49(44)35-42)52-19-12-22-58-60(52)55-18-8-9-20-56(55)61(58,2)3/h4-33,35-39H,34H2,1-3H3. The Bertz CT molecular complexity index is 3420. The third-order valence-electron chi connectivity index (χ3n) is 14.2. The van der Waals surface area contributed by atoms with Crippen LogP contribution >= 0.6 is 0 Å². The highest BCUT2D eigenvalue weighted by Gasteiger charge is 2.46. The van der Waals surface area contributed by atoms with E-state index < -0.39 is 5.41 Å². The van der Waals surface area contributed by atoms with Crippen LogP contribution in [-0.4, -0.2) is 0 Å². The summed E-state index contributed by atoms with van der Waals surface area (Å²) < 4.78 is 0. The van der Waals surface area contributed by atoms with E-state index in [-0.39, 0.29) is 5.41 Å². The minimum Gasteiger partial charge on any atom is -0.0622 e. The van der Waals surface area contributed by atoms with Gasteiger partial charge in [-0.05, 0) is 142 Å². The first-order chi connectivity index (χ1) is 30.4. The summed E-state index contributed by atoms with van der Waals surface area (Å²) in [7, 11) is 0. The van der Waals surface area contributed by atoms with E-state index >= 15 is 0 Å². The number of rotatable bonds is 6. The Kier molecular flexibility index (Phi) is 8.18. The smallest absolute Gasteiger partial charge is 0.0622 e. The van der Waals surface area contributed by atoms with Crippen molar-refractivity contribution < 1.29 is 0 Å². The van der Waals surface area contributed by atoms with Crippen molar-refractivity contribution in [3.8, 4) is 44.5 Å². The number of aryl methyl sites for hydroxylation is 1. The van der Waals surface area contributed by atoms with Crippen LogP contribution in [0.3, 0.4) is 0 Å². The molecule has 0 radical (unpaired) electrons. The number of benzene rings is 10. The van der Waals surface area contributed by atoms with Gasteiger partial charge in [-0.15, -0.1) is 0 Å². The molecule has 2 aliphatic carbocycles. The van der Waals surface area contributed by atoms with Gasteiger partial charge in [0.15, 0.2) is 0 Å². The van der Waals surface area contributed by atoms with Crippen LogP contribution in [0.5, 0.6) is 0 Å². The van der Waals surface area contributed by atoms with Gasteiger partial charge in [-0.1, -0.05) is 214 Å². The molecule has 0 spiro atoms. The fraction of sp³-hybridized carbons (Fsp3) is 0.0968. The molecule has 62 heavy (non-hydrogen) atoms. The Morgan fingerprint density at radius 1 is 0.339 bits per heavy atom. The molecule has 0 saturated carbocycles. The topological polar surface area (TPSA) is 0 Å². The highest BCUT2D eigenvalue weighted by molar-refractivity contribution is 5.96. The lowest BCUT2D eigenvalue weighted by atomic mass is 9.67. The maximum Gasteiger partial charge on any atom is 0.0713 e. The lowest BCUT2D eigenvalue weighted by molar-refractivity contribution is 0.660. The minimum atomic E-state index is -0.492. The summed E-state index contributed by atoms with van der Waals surface area (Å²) in [6.45, 7) is 6.89. The molecule has 0 heteroatoms. The van der Waals surface area contributed by atoms with Gasteiger partial charge in [-0.3, -0.25) is 0 Å². The summed E-state index contributed by atoms with van der Waals surface area (Å²) in [5.74, 6) is 0. The third-order valence-corrected chi connectivity index (χ3v) is 14.2. The first-order valence-electron chi connectivity index (χ1n) is 22.0. The maximum absolute atomic E-state index is 2.48. The molecule has 0 N–H and O–H groups in total. The number of fused-ring (bicyclic) bond motifs is 8. The Hall–Kier alpha value is -7.28. The van der Waals surface area contributed by atoms with Gasteiger partial charge in [0.05, 0.1) is 5.41 Å². The van der Waals surface area contributed by atoms with Gasteiger partial charge in [0.25, 0.3) is 0 Å². The average Bonchev–Trinajstić information content (AvgIpc) is 3.74. The lowest BCUT2D eigenvalue weighted by Gasteiger charge is -2.34. The van der Waals surface area contributed by atoms with Crippen LogP contribution in [-0.2, 0) is 17.3 Å². The first-order valence-corrected chi connectivity index (χ1v) is 22.0. The molecule has 0 nitrogen and oxygen atoms in total. The van der Waals surface area contributed by atoms with Gasteiger partial charge in [0.2, 0.25) is 0 Å². The second-order valence-electron chi connectivity index (χ2n) is 18.2. The normalized spacial score (nSPS) is 15.6. The van der Waals surface area contributed by atoms with Crippen LogP contribution in [0.2, 0.25) is 0 Å². The van der Waals surface area contributed by atoms with Crippen molar-refractivity contribution in [2.75, 3.05) is 0 Å². The van der Waals surface area contributed by atoms with Crippen molar-refractivity contribution in [2.45, 2.75) is 38.0 Å². The zero-order valence-corrected chi connectivity index (χ0v) is 35.4. The second kappa shape index (κ2) is 13.9. The minimum absolute atomic E-state index is 0.0268. The monoisotopic (exact) mass is 790 g/mol. The summed E-state index contributed by atoms with van der Waals surface area (Å²) in [6, 6.07) is 80.4. The van der Waals surface area contributed by atoms with Gasteiger partial charge >= 0.3 is 0 Å². The van der Waals surface area contributed by atoms with Crippen molar-refractivity contribution in [1.82, 2.24) is 0 Å². The van der Waals surface area contributed by atoms with Gasteiger partial charge in [-0.2, -0.15) is 0 Å². The van der Waals surface area contributed by atoms with Crippen LogP contribution in [0.15, 0.2) is 212 Å². The summed E-state index contributed by atoms with van der Waals surface area (Å²) >= 11 is 0. The summed E-state index contributed by atoms with van der Waals surface area (Å²) in [5, 5.41) is 5.08. The Morgan fingerprint density at radius 2 is 0.919 bits per heavy atom. The molecular weight excluding hydrogens is 745 g/mol. The van der Waals surface area contributed by atoms with Crippen LogP contribution in [0.4, 0.5) is 0 Å². The van der Waals surface area contributed by atoms with E-state index in [1.165, 1.54) is 116 Å². The van der Waals surface area contributed by atoms with E-state index in [2.05, 4.69) is 233 Å². The zero-order valence-electron chi connectivity index (χ0n) is 35.4. The molecule has 0 bridgehead atoms. The fourth-order valence-corrected chi connectivity index (χ4v) is 11.2. The van der Waals surface area contributed by atoms with Crippen LogP contribution in [0.1, 0.15) is 63.9 Å². The third kappa shape index (κ3) is 5.53. The average molecular weight is 791 g/mol. The fourth-order valence-electron chi connectivity index (χ4n) is 11.2. The van der Waals surface area contributed by atoms with Crippen molar-refractivity contribution in [3.05, 3.63) is 262 Å². The van der Waals surface area contributed by atoms with Crippen molar-refractivity contribution in [3.63, 3.8) is 0 Å². The van der Waals surface area contributed by atoms with Gasteiger partial charge in [0, 0.05) is 5.41 Å². The van der Waals surface area contributed by atoms with Crippen molar-refractivity contribution in [1.29, 1.82) is 0 Å². The van der Waals surface area contributed by atoms with Crippen LogP contribution < -0.4 is 0 Å². The molecule has 12 rings (SSSR count). The van der Waals surface area contributed by atoms with Crippen molar-refractivity contribution >= 4 is 21.5 Å². The van der Waals surface area contributed by atoms with E-state index in [1.807, 2.05) is 0 Å². The lowest BCUT2D eigenvalue weighted by Crippen LogP contribution is -2.28. The molecule has 0 heterocycles. The molecule has 10 aromatic rings. The zero-order chi connectivity index (χ0) is 41.6. The number of hydrogen-bond donors (Lipinski definition) is 0. The van der Waals surface area contributed by atoms with Gasteiger partial charge < -0.3 is 0 Å². The summed E-state index contributed by atoms with van der Waals surface area (Å²) in [5.41, 5.74) is 21.8. The largest absolute Gasteiger partial charge is 0.0713 e. The van der Waals surface area contributed by atoms with E-state index in [0.29, 0.717) is 0 Å². The molecule has 294 valence electrons. The molecule has 1 unspecified atom stereocenters. The van der Waals surface area contributed by atoms with Crippen LogP contribution in [0.25, 0.3) is 66.1 Å². The predicted octanol–water partition coefficient (Wildman–Crippen LogP) is 15.9. The molecule has 0 fully saturated rings. The Labute approximate surface area is 364 Å². The summed E-state index contributed by atoms with van der Waals surface area (Å²) in [6.07, 6.45) is 0.840. The molecule has 10 aromatic carbocycles. The van der Waals surface area contributed by atoms with E-state index in [9.17, 15) is 0 Å². The molecule has 0 aliphatic heterocycles. The van der Waals surface area contributed by atoms with Gasteiger partial charge in [-0.25, -0.2) is 0 Å². The quantitative estimate of drug-likeness (QED) is 0.157. The Balaban J connectivity index is 0.967. The van der Waals surface area contributed by atoms with Crippen molar-refractivity contribution in [2.24, 2.45) is 0 Å². The van der Waals surface area contributed by atoms with E-state index in [1.54, 1.807) is 0 Å². The predicted molar refractivity (Wildman–Crippen MR) is 261 cm³/mol. The Morgan fingerprint density at radius 3 is 1.77 bits per heavy atom. The highest BCUT2D eigenvalue weighted by atomic mass is 14.5. The van der Waals surface area contributed by atoms with E-state index in [0.717, 1.165) is 6.42 Å². The van der Waals surface area contributed by atoms with Gasteiger partial charge in [0.1, 0.15) is 0 Å². The maximum atomic E-state index is 2.48. The molecule has 0 saturated heterocycles. The molecule has 0 aromatic heterocycles. The highest BCUT2D eigenvalue weighted by Crippen LogP contribution is 2.57. The summed E-state index contributed by atoms with van der Waals surface area (Å²) in [4.78, 5) is 0. The number of hydrogen-bond acceptors (Lipinski definition) is 0. The van der Waals surface area contributed by atoms with Crippen LogP contribution in [0, 0.1) is 6.92 Å². The first kappa shape index (κ1) is 36.6.